The highest BCUT2D eigenvalue weighted by Crippen LogP contribution is 2.33. The van der Waals surface area contributed by atoms with Crippen LogP contribution in [0.4, 0.5) is 5.69 Å². The second kappa shape index (κ2) is 5.61. The lowest BCUT2D eigenvalue weighted by atomic mass is 9.91. The van der Waals surface area contributed by atoms with Crippen molar-refractivity contribution in [3.05, 3.63) is 24.3 Å². The fourth-order valence-electron chi connectivity index (χ4n) is 2.30. The van der Waals surface area contributed by atoms with Gasteiger partial charge in [0.05, 0.1) is 10.6 Å². The Balaban J connectivity index is 2.40. The van der Waals surface area contributed by atoms with Gasteiger partial charge in [0.25, 0.3) is 0 Å². The predicted molar refractivity (Wildman–Crippen MR) is 78.3 cm³/mol. The highest BCUT2D eigenvalue weighted by molar-refractivity contribution is 9.09. The molecule has 1 aliphatic rings. The van der Waals surface area contributed by atoms with E-state index < -0.39 is 9.84 Å². The van der Waals surface area contributed by atoms with Crippen LogP contribution < -0.4 is 4.90 Å². The maximum atomic E-state index is 11.9. The van der Waals surface area contributed by atoms with Crippen molar-refractivity contribution in [2.45, 2.75) is 30.2 Å². The molecular formula is C13H18BrNO2S. The van der Waals surface area contributed by atoms with Gasteiger partial charge in [-0.1, -0.05) is 28.1 Å². The molecule has 0 N–H and O–H groups in total. The number of rotatable bonds is 5. The van der Waals surface area contributed by atoms with E-state index >= 15 is 0 Å². The van der Waals surface area contributed by atoms with Crippen LogP contribution >= 0.6 is 15.9 Å². The first-order valence-electron chi connectivity index (χ1n) is 6.15. The summed E-state index contributed by atoms with van der Waals surface area (Å²) < 4.78 is 23.7. The Morgan fingerprint density at radius 2 is 2.00 bits per heavy atom. The summed E-state index contributed by atoms with van der Waals surface area (Å²) in [6.45, 7) is 0.844. The molecule has 18 heavy (non-hydrogen) atoms. The molecule has 100 valence electrons. The molecule has 0 spiro atoms. The molecule has 0 radical (unpaired) electrons. The first-order valence-corrected chi connectivity index (χ1v) is 9.17. The SMILES string of the molecule is CS(=O)(=O)c1ccccc1N(CCBr)C1CCC1. The van der Waals surface area contributed by atoms with Crippen LogP contribution in [-0.4, -0.2) is 32.6 Å². The lowest BCUT2D eigenvalue weighted by Crippen LogP contribution is -2.42. The van der Waals surface area contributed by atoms with Crippen LogP contribution in [0.25, 0.3) is 0 Å². The summed E-state index contributed by atoms with van der Waals surface area (Å²) in [5.41, 5.74) is 0.851. The number of anilines is 1. The Bertz CT molecular complexity index is 511. The maximum Gasteiger partial charge on any atom is 0.177 e. The first kappa shape index (κ1) is 13.9. The Hall–Kier alpha value is -0.550. The lowest BCUT2D eigenvalue weighted by Gasteiger charge is -2.39. The number of alkyl halides is 1. The summed E-state index contributed by atoms with van der Waals surface area (Å²) >= 11 is 3.45. The number of nitrogens with zero attached hydrogens (tertiary/aromatic N) is 1. The summed E-state index contributed by atoms with van der Waals surface area (Å²) in [6.07, 6.45) is 4.83. The first-order chi connectivity index (χ1) is 8.54. The normalized spacial score (nSPS) is 16.3. The van der Waals surface area contributed by atoms with Gasteiger partial charge in [-0.15, -0.1) is 0 Å². The van der Waals surface area contributed by atoms with Crippen molar-refractivity contribution < 1.29 is 8.42 Å². The minimum Gasteiger partial charge on any atom is -0.367 e. The lowest BCUT2D eigenvalue weighted by molar-refractivity contribution is 0.390. The largest absolute Gasteiger partial charge is 0.367 e. The summed E-state index contributed by atoms with van der Waals surface area (Å²) in [5, 5.41) is 0.849. The molecule has 1 saturated carbocycles. The minimum atomic E-state index is -3.17. The van der Waals surface area contributed by atoms with Gasteiger partial charge in [-0.25, -0.2) is 8.42 Å². The van der Waals surface area contributed by atoms with Crippen molar-refractivity contribution in [1.82, 2.24) is 0 Å². The van der Waals surface area contributed by atoms with Crippen LogP contribution in [0.2, 0.25) is 0 Å². The quantitative estimate of drug-likeness (QED) is 0.778. The third-order valence-corrected chi connectivity index (χ3v) is 4.91. The van der Waals surface area contributed by atoms with Crippen LogP contribution in [0.3, 0.4) is 0 Å². The summed E-state index contributed by atoms with van der Waals surface area (Å²) in [7, 11) is -3.17. The number of sulfone groups is 1. The Kier molecular flexibility index (Phi) is 4.33. The van der Waals surface area contributed by atoms with E-state index in [9.17, 15) is 8.42 Å². The summed E-state index contributed by atoms with van der Waals surface area (Å²) in [4.78, 5) is 2.67. The number of halogens is 1. The van der Waals surface area contributed by atoms with Crippen LogP contribution in [-0.2, 0) is 9.84 Å². The zero-order chi connectivity index (χ0) is 13.2. The number of hydrogen-bond donors (Lipinski definition) is 0. The average Bonchev–Trinajstić information content (AvgIpc) is 2.25. The standard InChI is InChI=1S/C13H18BrNO2S/c1-18(16,17)13-8-3-2-7-12(13)15(10-9-14)11-5-4-6-11/h2-3,7-8,11H,4-6,9-10H2,1H3. The number of para-hydroxylation sites is 1. The molecule has 5 heteroatoms. The third-order valence-electron chi connectivity index (χ3n) is 3.42. The zero-order valence-electron chi connectivity index (χ0n) is 10.5. The average molecular weight is 332 g/mol. The van der Waals surface area contributed by atoms with Gasteiger partial charge in [0.2, 0.25) is 0 Å². The fourth-order valence-corrected chi connectivity index (χ4v) is 3.57. The Morgan fingerprint density at radius 1 is 1.33 bits per heavy atom. The predicted octanol–water partition coefficient (Wildman–Crippen LogP) is 2.84. The monoisotopic (exact) mass is 331 g/mol. The molecule has 1 aliphatic carbocycles. The van der Waals surface area contributed by atoms with Gasteiger partial charge >= 0.3 is 0 Å². The van der Waals surface area contributed by atoms with E-state index in [1.807, 2.05) is 12.1 Å². The van der Waals surface area contributed by atoms with E-state index in [1.54, 1.807) is 12.1 Å². The van der Waals surface area contributed by atoms with E-state index in [0.717, 1.165) is 30.4 Å². The van der Waals surface area contributed by atoms with Gasteiger partial charge in [0.15, 0.2) is 9.84 Å². The Morgan fingerprint density at radius 3 is 2.50 bits per heavy atom. The topological polar surface area (TPSA) is 37.4 Å². The highest BCUT2D eigenvalue weighted by Gasteiger charge is 2.27. The molecule has 0 aromatic heterocycles. The van der Waals surface area contributed by atoms with E-state index in [-0.39, 0.29) is 0 Å². The molecule has 0 amide bonds. The van der Waals surface area contributed by atoms with E-state index in [1.165, 1.54) is 12.7 Å². The smallest absolute Gasteiger partial charge is 0.177 e. The van der Waals surface area contributed by atoms with Gasteiger partial charge in [0.1, 0.15) is 0 Å². The molecule has 0 bridgehead atoms. The molecule has 0 atom stereocenters. The molecule has 0 saturated heterocycles. The fraction of sp³-hybridized carbons (Fsp3) is 0.538. The van der Waals surface area contributed by atoms with Crippen LogP contribution in [0.5, 0.6) is 0 Å². The molecule has 1 fully saturated rings. The van der Waals surface area contributed by atoms with Crippen molar-refractivity contribution in [3.8, 4) is 0 Å². The molecule has 1 aromatic carbocycles. The van der Waals surface area contributed by atoms with Crippen molar-refractivity contribution in [2.75, 3.05) is 23.0 Å². The summed E-state index contributed by atoms with van der Waals surface area (Å²) in [5.74, 6) is 0. The third kappa shape index (κ3) is 2.88. The van der Waals surface area contributed by atoms with Crippen molar-refractivity contribution >= 4 is 31.5 Å². The molecule has 0 unspecified atom stereocenters. The summed E-state index contributed by atoms with van der Waals surface area (Å²) in [6, 6.07) is 7.80. The van der Waals surface area contributed by atoms with E-state index in [4.69, 9.17) is 0 Å². The van der Waals surface area contributed by atoms with Crippen LogP contribution in [0, 0.1) is 0 Å². The second-order valence-electron chi connectivity index (χ2n) is 4.71. The van der Waals surface area contributed by atoms with Gasteiger partial charge < -0.3 is 4.90 Å². The molecular weight excluding hydrogens is 314 g/mol. The van der Waals surface area contributed by atoms with Crippen LogP contribution in [0.15, 0.2) is 29.2 Å². The van der Waals surface area contributed by atoms with Gasteiger partial charge in [-0.2, -0.15) is 0 Å². The molecule has 2 rings (SSSR count). The van der Waals surface area contributed by atoms with Crippen molar-refractivity contribution in [1.29, 1.82) is 0 Å². The second-order valence-corrected chi connectivity index (χ2v) is 7.48. The van der Waals surface area contributed by atoms with E-state index in [0.29, 0.717) is 10.9 Å². The number of hydrogen-bond acceptors (Lipinski definition) is 3. The maximum absolute atomic E-state index is 11.9. The number of benzene rings is 1. The minimum absolute atomic E-state index is 0.442. The zero-order valence-corrected chi connectivity index (χ0v) is 12.9. The van der Waals surface area contributed by atoms with E-state index in [2.05, 4.69) is 20.8 Å². The van der Waals surface area contributed by atoms with Gasteiger partial charge in [0, 0.05) is 24.2 Å². The van der Waals surface area contributed by atoms with Crippen molar-refractivity contribution in [2.24, 2.45) is 0 Å². The van der Waals surface area contributed by atoms with Gasteiger partial charge in [-0.3, -0.25) is 0 Å². The van der Waals surface area contributed by atoms with Crippen LogP contribution in [0.1, 0.15) is 19.3 Å². The Labute approximate surface area is 117 Å². The van der Waals surface area contributed by atoms with Gasteiger partial charge in [-0.05, 0) is 31.4 Å². The molecule has 1 aromatic rings. The highest BCUT2D eigenvalue weighted by atomic mass is 79.9. The molecule has 3 nitrogen and oxygen atoms in total. The van der Waals surface area contributed by atoms with Crippen molar-refractivity contribution in [3.63, 3.8) is 0 Å². The molecule has 0 heterocycles. The molecule has 0 aliphatic heterocycles.